The number of carbonyl (C=O) groups is 3. The first-order chi connectivity index (χ1) is 12.5. The van der Waals surface area contributed by atoms with Crippen molar-refractivity contribution >= 4 is 23.6 Å². The molecular formula is C22H28O4. The number of rotatable bonds is 10. The summed E-state index contributed by atoms with van der Waals surface area (Å²) in [5, 5.41) is 8.64. The minimum absolute atomic E-state index is 0.0605. The van der Waals surface area contributed by atoms with E-state index in [0.717, 1.165) is 37.7 Å². The van der Waals surface area contributed by atoms with Crippen LogP contribution >= 0.6 is 0 Å². The normalized spacial score (nSPS) is 20.0. The molecule has 2 rings (SSSR count). The lowest BCUT2D eigenvalue weighted by atomic mass is 9.89. The third-order valence-electron chi connectivity index (χ3n) is 5.16. The molecule has 0 spiro atoms. The molecule has 0 bridgehead atoms. The van der Waals surface area contributed by atoms with Crippen LogP contribution < -0.4 is 0 Å². The second-order valence-corrected chi connectivity index (χ2v) is 7.16. The van der Waals surface area contributed by atoms with Crippen molar-refractivity contribution in [1.29, 1.82) is 0 Å². The van der Waals surface area contributed by atoms with E-state index in [1.165, 1.54) is 0 Å². The number of ketones is 2. The number of benzene rings is 1. The molecule has 0 amide bonds. The van der Waals surface area contributed by atoms with Crippen molar-refractivity contribution in [2.24, 2.45) is 11.8 Å². The summed E-state index contributed by atoms with van der Waals surface area (Å²) in [5.74, 6) is 0.0659. The van der Waals surface area contributed by atoms with E-state index >= 15 is 0 Å². The molecule has 1 aliphatic rings. The molecule has 0 aliphatic heterocycles. The first kappa shape index (κ1) is 20.1. The van der Waals surface area contributed by atoms with Gasteiger partial charge < -0.3 is 5.11 Å². The Kier molecular flexibility index (Phi) is 7.76. The van der Waals surface area contributed by atoms with Crippen LogP contribution in [0.5, 0.6) is 0 Å². The molecule has 1 aromatic carbocycles. The fraction of sp³-hybridized carbons (Fsp3) is 0.500. The van der Waals surface area contributed by atoms with Crippen LogP contribution in [0, 0.1) is 11.8 Å². The summed E-state index contributed by atoms with van der Waals surface area (Å²) >= 11 is 0. The van der Waals surface area contributed by atoms with E-state index in [9.17, 15) is 14.4 Å². The van der Waals surface area contributed by atoms with E-state index in [4.69, 9.17) is 5.11 Å². The van der Waals surface area contributed by atoms with Gasteiger partial charge in [0.25, 0.3) is 0 Å². The largest absolute Gasteiger partial charge is 0.481 e. The molecule has 0 saturated heterocycles. The third kappa shape index (κ3) is 6.25. The second kappa shape index (κ2) is 10.0. The number of carbonyl (C=O) groups excluding carboxylic acids is 2. The van der Waals surface area contributed by atoms with Crippen LogP contribution in [0.15, 0.2) is 30.3 Å². The zero-order valence-electron chi connectivity index (χ0n) is 15.4. The van der Waals surface area contributed by atoms with Gasteiger partial charge in [0, 0.05) is 24.3 Å². The van der Waals surface area contributed by atoms with Crippen LogP contribution in [0.25, 0.3) is 6.08 Å². The number of hydrogen-bond acceptors (Lipinski definition) is 3. The molecule has 2 unspecified atom stereocenters. The maximum atomic E-state index is 12.2. The molecule has 26 heavy (non-hydrogen) atoms. The summed E-state index contributed by atoms with van der Waals surface area (Å²) in [4.78, 5) is 34.0. The van der Waals surface area contributed by atoms with E-state index in [0.29, 0.717) is 24.2 Å². The Morgan fingerprint density at radius 2 is 1.81 bits per heavy atom. The zero-order valence-corrected chi connectivity index (χ0v) is 15.4. The quantitative estimate of drug-likeness (QED) is 0.477. The van der Waals surface area contributed by atoms with E-state index in [1.54, 1.807) is 6.92 Å². The molecule has 1 saturated carbocycles. The van der Waals surface area contributed by atoms with Crippen LogP contribution in [0.2, 0.25) is 0 Å². The van der Waals surface area contributed by atoms with Gasteiger partial charge in [0.2, 0.25) is 0 Å². The Morgan fingerprint density at radius 1 is 1.12 bits per heavy atom. The molecule has 1 aliphatic carbocycles. The van der Waals surface area contributed by atoms with E-state index < -0.39 is 5.97 Å². The van der Waals surface area contributed by atoms with Gasteiger partial charge in [0.15, 0.2) is 5.78 Å². The van der Waals surface area contributed by atoms with Crippen molar-refractivity contribution in [2.75, 3.05) is 0 Å². The van der Waals surface area contributed by atoms with Crippen LogP contribution in [-0.2, 0) is 9.59 Å². The van der Waals surface area contributed by atoms with Gasteiger partial charge >= 0.3 is 5.97 Å². The van der Waals surface area contributed by atoms with Crippen molar-refractivity contribution in [1.82, 2.24) is 0 Å². The molecule has 0 heterocycles. The number of Topliss-reactive ketones (excluding diaryl/α,β-unsaturated/α-hetero) is 2. The topological polar surface area (TPSA) is 71.4 Å². The predicted molar refractivity (Wildman–Crippen MR) is 102 cm³/mol. The first-order valence-electron chi connectivity index (χ1n) is 9.51. The Morgan fingerprint density at radius 3 is 2.46 bits per heavy atom. The maximum absolute atomic E-state index is 12.2. The Balaban J connectivity index is 1.82. The third-order valence-corrected chi connectivity index (χ3v) is 5.16. The van der Waals surface area contributed by atoms with Gasteiger partial charge in [-0.25, -0.2) is 0 Å². The smallest absolute Gasteiger partial charge is 0.303 e. The minimum atomic E-state index is -0.738. The fourth-order valence-electron chi connectivity index (χ4n) is 3.60. The molecule has 0 aromatic heterocycles. The van der Waals surface area contributed by atoms with Gasteiger partial charge in [-0.15, -0.1) is 0 Å². The predicted octanol–water partition coefficient (Wildman–Crippen LogP) is 4.92. The van der Waals surface area contributed by atoms with Gasteiger partial charge in [0.1, 0.15) is 5.78 Å². The highest BCUT2D eigenvalue weighted by Gasteiger charge is 2.32. The average Bonchev–Trinajstić information content (AvgIpc) is 2.96. The van der Waals surface area contributed by atoms with Crippen molar-refractivity contribution in [3.05, 3.63) is 41.5 Å². The lowest BCUT2D eigenvalue weighted by molar-refractivity contribution is -0.137. The van der Waals surface area contributed by atoms with Gasteiger partial charge in [-0.05, 0) is 37.7 Å². The highest BCUT2D eigenvalue weighted by molar-refractivity contribution is 5.94. The van der Waals surface area contributed by atoms with Crippen molar-refractivity contribution in [3.63, 3.8) is 0 Å². The van der Waals surface area contributed by atoms with Crippen molar-refractivity contribution in [2.45, 2.75) is 58.3 Å². The van der Waals surface area contributed by atoms with Crippen LogP contribution in [0.4, 0.5) is 0 Å². The lowest BCUT2D eigenvalue weighted by Crippen LogP contribution is -2.13. The number of carboxylic acids is 1. The Labute approximate surface area is 155 Å². The average molecular weight is 356 g/mol. The number of allylic oxidation sites excluding steroid dienone is 1. The molecule has 1 fully saturated rings. The molecule has 1 aromatic rings. The summed E-state index contributed by atoms with van der Waals surface area (Å²) in [6.07, 6.45) is 10.5. The Bertz CT molecular complexity index is 657. The number of unbranched alkanes of at least 4 members (excludes halogenated alkanes) is 3. The number of hydrogen-bond donors (Lipinski definition) is 1. The molecule has 0 radical (unpaired) electrons. The first-order valence-corrected chi connectivity index (χ1v) is 9.51. The van der Waals surface area contributed by atoms with Gasteiger partial charge in [-0.2, -0.15) is 0 Å². The highest BCUT2D eigenvalue weighted by atomic mass is 16.4. The van der Waals surface area contributed by atoms with Crippen LogP contribution in [-0.4, -0.2) is 22.6 Å². The lowest BCUT2D eigenvalue weighted by Gasteiger charge is -2.14. The highest BCUT2D eigenvalue weighted by Crippen LogP contribution is 2.34. The molecular weight excluding hydrogens is 328 g/mol. The maximum Gasteiger partial charge on any atom is 0.303 e. The summed E-state index contributed by atoms with van der Waals surface area (Å²) in [7, 11) is 0. The Hall–Kier alpha value is -2.23. The standard InChI is InChI=1S/C22H28O4/c1-16(23)18-11-8-17(9-12-18)10-13-19-14-15-21(24)20(19)6-4-2-3-5-7-22(25)26/h8-13,19-20H,2-7,14-15H2,1H3,(H,25,26). The number of aliphatic carboxylic acids is 1. The molecule has 140 valence electrons. The van der Waals surface area contributed by atoms with Gasteiger partial charge in [-0.1, -0.05) is 55.7 Å². The SMILES string of the molecule is CC(=O)c1ccc(C=CC2CCC(=O)C2CCCCCCC(=O)O)cc1. The summed E-state index contributed by atoms with van der Waals surface area (Å²) in [6, 6.07) is 7.52. The minimum Gasteiger partial charge on any atom is -0.481 e. The van der Waals surface area contributed by atoms with Crippen LogP contribution in [0.3, 0.4) is 0 Å². The van der Waals surface area contributed by atoms with Crippen molar-refractivity contribution in [3.8, 4) is 0 Å². The molecule has 1 N–H and O–H groups in total. The summed E-state index contributed by atoms with van der Waals surface area (Å²) < 4.78 is 0. The van der Waals surface area contributed by atoms with Crippen molar-refractivity contribution < 1.29 is 19.5 Å². The second-order valence-electron chi connectivity index (χ2n) is 7.16. The fourth-order valence-corrected chi connectivity index (χ4v) is 3.60. The van der Waals surface area contributed by atoms with Gasteiger partial charge in [-0.3, -0.25) is 14.4 Å². The van der Waals surface area contributed by atoms with Crippen LogP contribution in [0.1, 0.15) is 74.2 Å². The van der Waals surface area contributed by atoms with E-state index in [-0.39, 0.29) is 24.0 Å². The van der Waals surface area contributed by atoms with E-state index in [2.05, 4.69) is 6.08 Å². The monoisotopic (exact) mass is 356 g/mol. The molecule has 2 atom stereocenters. The molecule has 4 nitrogen and oxygen atoms in total. The zero-order chi connectivity index (χ0) is 18.9. The number of carboxylic acid groups (broad SMARTS) is 1. The van der Waals surface area contributed by atoms with Gasteiger partial charge in [0.05, 0.1) is 0 Å². The summed E-state index contributed by atoms with van der Waals surface area (Å²) in [6.45, 7) is 1.56. The summed E-state index contributed by atoms with van der Waals surface area (Å²) in [5.41, 5.74) is 1.75. The van der Waals surface area contributed by atoms with E-state index in [1.807, 2.05) is 30.3 Å². The molecule has 4 heteroatoms.